The number of ether oxygens (including phenoxy) is 2. The van der Waals surface area contributed by atoms with Crippen LogP contribution in [-0.2, 0) is 17.7 Å². The highest BCUT2D eigenvalue weighted by molar-refractivity contribution is 5.43. The van der Waals surface area contributed by atoms with Gasteiger partial charge in [-0.3, -0.25) is 4.90 Å². The van der Waals surface area contributed by atoms with Crippen molar-refractivity contribution in [1.29, 1.82) is 0 Å². The summed E-state index contributed by atoms with van der Waals surface area (Å²) in [6, 6.07) is 19.8. The number of aliphatic hydroxyl groups excluding tert-OH is 1. The van der Waals surface area contributed by atoms with Gasteiger partial charge in [-0.2, -0.15) is 5.10 Å². The molecule has 0 spiro atoms. The molecular weight excluding hydrogens is 426 g/mol. The molecule has 34 heavy (non-hydrogen) atoms. The van der Waals surface area contributed by atoms with E-state index in [1.165, 1.54) is 0 Å². The lowest BCUT2D eigenvalue weighted by molar-refractivity contribution is 0.0236. The first kappa shape index (κ1) is 25.5. The van der Waals surface area contributed by atoms with Crippen LogP contribution in [0.15, 0.2) is 60.7 Å². The van der Waals surface area contributed by atoms with Gasteiger partial charge in [0.05, 0.1) is 29.7 Å². The van der Waals surface area contributed by atoms with E-state index in [1.807, 2.05) is 65.3 Å². The van der Waals surface area contributed by atoms with E-state index in [2.05, 4.69) is 31.6 Å². The predicted octanol–water partition coefficient (Wildman–Crippen LogP) is 4.70. The van der Waals surface area contributed by atoms with Gasteiger partial charge >= 0.3 is 0 Å². The van der Waals surface area contributed by atoms with Gasteiger partial charge in [0.1, 0.15) is 12.4 Å². The Bertz CT molecular complexity index is 1040. The Labute approximate surface area is 203 Å². The molecule has 0 aliphatic heterocycles. The number of aryl methyl sites for hydroxylation is 1. The number of benzene rings is 2. The number of rotatable bonds is 13. The summed E-state index contributed by atoms with van der Waals surface area (Å²) in [7, 11) is 0. The average molecular weight is 462 g/mol. The van der Waals surface area contributed by atoms with Crippen molar-refractivity contribution in [3.05, 3.63) is 71.9 Å². The third-order valence-electron chi connectivity index (χ3n) is 5.28. The fraction of sp³-hybridized carbons (Fsp3) is 0.393. The molecule has 0 unspecified atom stereocenters. The summed E-state index contributed by atoms with van der Waals surface area (Å²) in [5.74, 6) is 4.31. The zero-order valence-corrected chi connectivity index (χ0v) is 20.4. The first-order chi connectivity index (χ1) is 16.5. The molecule has 0 fully saturated rings. The fourth-order valence-corrected chi connectivity index (χ4v) is 3.92. The van der Waals surface area contributed by atoms with Crippen molar-refractivity contribution in [2.75, 3.05) is 26.3 Å². The van der Waals surface area contributed by atoms with E-state index >= 15 is 0 Å². The van der Waals surface area contributed by atoms with E-state index in [1.54, 1.807) is 0 Å². The van der Waals surface area contributed by atoms with Crippen LogP contribution in [0.25, 0.3) is 5.69 Å². The maximum atomic E-state index is 10.6. The first-order valence-electron chi connectivity index (χ1n) is 11.8. The van der Waals surface area contributed by atoms with Crippen molar-refractivity contribution < 1.29 is 14.6 Å². The van der Waals surface area contributed by atoms with Crippen LogP contribution in [0.2, 0.25) is 0 Å². The van der Waals surface area contributed by atoms with Crippen molar-refractivity contribution >= 4 is 0 Å². The molecule has 3 aromatic rings. The standard InChI is InChI=1S/C28H35N3O3/c1-5-17-33-21-24(32)19-30(18-22(3)4)20-26-27(6-2)29-31(23-13-9-7-10-14-23)28(26)34-25-15-11-8-12-16-25/h1,7-16,22,24,32H,6,17-21H2,2-4H3/t24-/m0/s1. The highest BCUT2D eigenvalue weighted by Crippen LogP contribution is 2.32. The highest BCUT2D eigenvalue weighted by Gasteiger charge is 2.24. The second-order valence-electron chi connectivity index (χ2n) is 8.71. The molecule has 0 saturated carbocycles. The smallest absolute Gasteiger partial charge is 0.227 e. The first-order valence-corrected chi connectivity index (χ1v) is 11.8. The summed E-state index contributed by atoms with van der Waals surface area (Å²) in [5, 5.41) is 15.5. The van der Waals surface area contributed by atoms with Gasteiger partial charge in [-0.05, 0) is 36.6 Å². The van der Waals surface area contributed by atoms with E-state index in [0.29, 0.717) is 24.9 Å². The molecule has 0 aliphatic rings. The van der Waals surface area contributed by atoms with Crippen molar-refractivity contribution in [2.24, 2.45) is 5.92 Å². The number of aliphatic hydroxyl groups is 1. The summed E-state index contributed by atoms with van der Waals surface area (Å²) in [5.41, 5.74) is 2.93. The maximum Gasteiger partial charge on any atom is 0.227 e. The van der Waals surface area contributed by atoms with Crippen LogP contribution >= 0.6 is 0 Å². The molecule has 1 atom stereocenters. The molecule has 0 saturated heterocycles. The number of hydrogen-bond donors (Lipinski definition) is 1. The van der Waals surface area contributed by atoms with Crippen LogP contribution in [0.1, 0.15) is 32.0 Å². The minimum atomic E-state index is -0.639. The second-order valence-corrected chi connectivity index (χ2v) is 8.71. The molecule has 180 valence electrons. The number of para-hydroxylation sites is 2. The largest absolute Gasteiger partial charge is 0.439 e. The lowest BCUT2D eigenvalue weighted by Crippen LogP contribution is -2.37. The fourth-order valence-electron chi connectivity index (χ4n) is 3.92. The molecule has 6 heteroatoms. The van der Waals surface area contributed by atoms with E-state index in [9.17, 15) is 5.11 Å². The molecule has 1 aromatic heterocycles. The Kier molecular flexibility index (Phi) is 9.72. The Morgan fingerprint density at radius 3 is 2.35 bits per heavy atom. The Balaban J connectivity index is 1.96. The van der Waals surface area contributed by atoms with Gasteiger partial charge in [0, 0.05) is 19.6 Å². The average Bonchev–Trinajstić information content (AvgIpc) is 3.17. The zero-order chi connectivity index (χ0) is 24.3. The molecule has 3 rings (SSSR count). The zero-order valence-electron chi connectivity index (χ0n) is 20.4. The molecule has 0 radical (unpaired) electrons. The second kappa shape index (κ2) is 13.0. The Morgan fingerprint density at radius 2 is 1.74 bits per heavy atom. The topological polar surface area (TPSA) is 59.8 Å². The monoisotopic (exact) mass is 461 g/mol. The molecule has 6 nitrogen and oxygen atoms in total. The van der Waals surface area contributed by atoms with E-state index < -0.39 is 6.10 Å². The molecule has 0 bridgehead atoms. The lowest BCUT2D eigenvalue weighted by atomic mass is 10.1. The SMILES string of the molecule is C#CCOC[C@@H](O)CN(Cc1c(CC)nn(-c2ccccc2)c1Oc1ccccc1)CC(C)C. The van der Waals surface area contributed by atoms with Crippen LogP contribution in [0.3, 0.4) is 0 Å². The van der Waals surface area contributed by atoms with Gasteiger partial charge in [0.15, 0.2) is 0 Å². The molecule has 0 amide bonds. The molecule has 2 aromatic carbocycles. The molecular formula is C28H35N3O3. The third kappa shape index (κ3) is 7.19. The minimum absolute atomic E-state index is 0.195. The minimum Gasteiger partial charge on any atom is -0.439 e. The molecule has 0 aliphatic carbocycles. The highest BCUT2D eigenvalue weighted by atomic mass is 16.5. The van der Waals surface area contributed by atoms with E-state index in [0.717, 1.165) is 35.7 Å². The van der Waals surface area contributed by atoms with Crippen LogP contribution in [0.5, 0.6) is 11.6 Å². The predicted molar refractivity (Wildman–Crippen MR) is 135 cm³/mol. The van der Waals surface area contributed by atoms with Crippen molar-refractivity contribution in [3.8, 4) is 29.7 Å². The normalized spacial score (nSPS) is 12.1. The van der Waals surface area contributed by atoms with Crippen molar-refractivity contribution in [1.82, 2.24) is 14.7 Å². The summed E-state index contributed by atoms with van der Waals surface area (Å²) in [4.78, 5) is 2.23. The lowest BCUT2D eigenvalue weighted by Gasteiger charge is -2.27. The van der Waals surface area contributed by atoms with Gasteiger partial charge < -0.3 is 14.6 Å². The number of terminal acetylenes is 1. The van der Waals surface area contributed by atoms with Gasteiger partial charge in [0.2, 0.25) is 5.88 Å². The van der Waals surface area contributed by atoms with Crippen molar-refractivity contribution in [2.45, 2.75) is 39.8 Å². The van der Waals surface area contributed by atoms with Crippen molar-refractivity contribution in [3.63, 3.8) is 0 Å². The van der Waals surface area contributed by atoms with Crippen LogP contribution in [-0.4, -0.2) is 52.2 Å². The summed E-state index contributed by atoms with van der Waals surface area (Å²) < 4.78 is 13.7. The van der Waals surface area contributed by atoms with E-state index in [4.69, 9.17) is 21.0 Å². The van der Waals surface area contributed by atoms with Crippen LogP contribution in [0.4, 0.5) is 0 Å². The summed E-state index contributed by atoms with van der Waals surface area (Å²) >= 11 is 0. The number of nitrogens with zero attached hydrogens (tertiary/aromatic N) is 3. The quantitative estimate of drug-likeness (QED) is 0.295. The number of aromatic nitrogens is 2. The Morgan fingerprint density at radius 1 is 1.06 bits per heavy atom. The van der Waals surface area contributed by atoms with Gasteiger partial charge in [-0.1, -0.05) is 63.1 Å². The van der Waals surface area contributed by atoms with Gasteiger partial charge in [0.25, 0.3) is 0 Å². The summed E-state index contributed by atoms with van der Waals surface area (Å²) in [6.45, 7) is 8.72. The molecule has 1 N–H and O–H groups in total. The molecule has 1 heterocycles. The maximum absolute atomic E-state index is 10.6. The van der Waals surface area contributed by atoms with E-state index in [-0.39, 0.29) is 13.2 Å². The van der Waals surface area contributed by atoms with Crippen LogP contribution in [0, 0.1) is 18.3 Å². The summed E-state index contributed by atoms with van der Waals surface area (Å²) in [6.07, 6.45) is 5.38. The Hall–Kier alpha value is -3.11. The van der Waals surface area contributed by atoms with Crippen LogP contribution < -0.4 is 4.74 Å². The third-order valence-corrected chi connectivity index (χ3v) is 5.28. The van der Waals surface area contributed by atoms with Gasteiger partial charge in [-0.25, -0.2) is 4.68 Å². The number of hydrogen-bond acceptors (Lipinski definition) is 5. The van der Waals surface area contributed by atoms with Gasteiger partial charge in [-0.15, -0.1) is 6.42 Å².